The number of hydrogen-bond acceptors (Lipinski definition) is 3. The van der Waals surface area contributed by atoms with Crippen molar-refractivity contribution in [3.8, 4) is 0 Å². The summed E-state index contributed by atoms with van der Waals surface area (Å²) < 4.78 is 25.9. The van der Waals surface area contributed by atoms with E-state index in [1.165, 1.54) is 0 Å². The molecule has 128 valence electrons. The van der Waals surface area contributed by atoms with Crippen LogP contribution in [0.2, 0.25) is 5.02 Å². The number of halogens is 2. The average Bonchev–Trinajstić information content (AvgIpc) is 2.50. The molecule has 0 aromatic heterocycles. The van der Waals surface area contributed by atoms with Gasteiger partial charge in [-0.25, -0.2) is 8.42 Å². The number of amides is 1. The van der Waals surface area contributed by atoms with Gasteiger partial charge in [0.1, 0.15) is 0 Å². The predicted octanol–water partition coefficient (Wildman–Crippen LogP) is 3.50. The summed E-state index contributed by atoms with van der Waals surface area (Å²) in [7, 11) is -3.54. The number of rotatable bonds is 6. The lowest BCUT2D eigenvalue weighted by molar-refractivity contribution is -0.116. The maximum atomic E-state index is 12.2. The van der Waals surface area contributed by atoms with E-state index in [0.717, 1.165) is 20.6 Å². The molecule has 0 heterocycles. The maximum Gasteiger partial charge on any atom is 0.239 e. The van der Waals surface area contributed by atoms with E-state index in [2.05, 4.69) is 21.2 Å². The maximum absolute atomic E-state index is 12.2. The standard InChI is InChI=1S/C16H16BrClN2O3S/c1-24(22,23)20(10-12-6-8-13(17)9-7-12)11-16(21)19-15-5-3-2-4-14(15)18/h2-9H,10-11H2,1H3,(H,19,21). The van der Waals surface area contributed by atoms with Crippen LogP contribution in [0.3, 0.4) is 0 Å². The largest absolute Gasteiger partial charge is 0.324 e. The van der Waals surface area contributed by atoms with Gasteiger partial charge in [0.25, 0.3) is 0 Å². The Morgan fingerprint density at radius 1 is 1.17 bits per heavy atom. The van der Waals surface area contributed by atoms with E-state index in [-0.39, 0.29) is 13.1 Å². The second-order valence-electron chi connectivity index (χ2n) is 5.19. The molecule has 0 bridgehead atoms. The van der Waals surface area contributed by atoms with Crippen molar-refractivity contribution in [3.63, 3.8) is 0 Å². The molecule has 2 aromatic carbocycles. The van der Waals surface area contributed by atoms with Crippen molar-refractivity contribution < 1.29 is 13.2 Å². The van der Waals surface area contributed by atoms with Gasteiger partial charge in [-0.3, -0.25) is 4.79 Å². The highest BCUT2D eigenvalue weighted by atomic mass is 79.9. The minimum Gasteiger partial charge on any atom is -0.324 e. The molecule has 0 fully saturated rings. The fourth-order valence-corrected chi connectivity index (χ4v) is 3.18. The summed E-state index contributed by atoms with van der Waals surface area (Å²) in [6, 6.07) is 14.0. The molecule has 2 rings (SSSR count). The van der Waals surface area contributed by atoms with Crippen LogP contribution in [0.15, 0.2) is 53.0 Å². The van der Waals surface area contributed by atoms with Crippen molar-refractivity contribution in [1.29, 1.82) is 0 Å². The normalized spacial score (nSPS) is 11.5. The molecule has 0 spiro atoms. The Labute approximate surface area is 154 Å². The van der Waals surface area contributed by atoms with Gasteiger partial charge in [-0.05, 0) is 29.8 Å². The molecule has 0 radical (unpaired) electrons. The summed E-state index contributed by atoms with van der Waals surface area (Å²) in [5.41, 5.74) is 1.23. The molecule has 0 aliphatic carbocycles. The van der Waals surface area contributed by atoms with Gasteiger partial charge in [0.2, 0.25) is 15.9 Å². The van der Waals surface area contributed by atoms with E-state index in [1.807, 2.05) is 12.1 Å². The van der Waals surface area contributed by atoms with E-state index >= 15 is 0 Å². The Bertz CT molecular complexity index is 825. The SMILES string of the molecule is CS(=O)(=O)N(CC(=O)Nc1ccccc1Cl)Cc1ccc(Br)cc1. The molecule has 2 aromatic rings. The first-order valence-electron chi connectivity index (χ1n) is 6.99. The van der Waals surface area contributed by atoms with Gasteiger partial charge in [-0.15, -0.1) is 0 Å². The Morgan fingerprint density at radius 3 is 2.38 bits per heavy atom. The highest BCUT2D eigenvalue weighted by Crippen LogP contribution is 2.20. The average molecular weight is 432 g/mol. The third kappa shape index (κ3) is 5.59. The zero-order valence-electron chi connectivity index (χ0n) is 12.9. The summed E-state index contributed by atoms with van der Waals surface area (Å²) in [6.45, 7) is -0.178. The van der Waals surface area contributed by atoms with Crippen LogP contribution in [-0.4, -0.2) is 31.4 Å². The summed E-state index contributed by atoms with van der Waals surface area (Å²) in [5, 5.41) is 3.02. The van der Waals surface area contributed by atoms with E-state index in [1.54, 1.807) is 36.4 Å². The van der Waals surface area contributed by atoms with Crippen molar-refractivity contribution in [2.45, 2.75) is 6.54 Å². The third-order valence-electron chi connectivity index (χ3n) is 3.21. The summed E-state index contributed by atoms with van der Waals surface area (Å²) in [5.74, 6) is -0.453. The molecule has 24 heavy (non-hydrogen) atoms. The molecule has 0 unspecified atom stereocenters. The number of nitrogens with zero attached hydrogens (tertiary/aromatic N) is 1. The number of anilines is 1. The monoisotopic (exact) mass is 430 g/mol. The van der Waals surface area contributed by atoms with Crippen LogP contribution in [0, 0.1) is 0 Å². The highest BCUT2D eigenvalue weighted by molar-refractivity contribution is 9.10. The van der Waals surface area contributed by atoms with Gasteiger partial charge < -0.3 is 5.32 Å². The van der Waals surface area contributed by atoms with Gasteiger partial charge >= 0.3 is 0 Å². The Kier molecular flexibility index (Phi) is 6.40. The van der Waals surface area contributed by atoms with Crippen LogP contribution in [0.25, 0.3) is 0 Å². The summed E-state index contributed by atoms with van der Waals surface area (Å²) in [6.07, 6.45) is 1.08. The zero-order valence-corrected chi connectivity index (χ0v) is 16.0. The summed E-state index contributed by atoms with van der Waals surface area (Å²) >= 11 is 9.32. The van der Waals surface area contributed by atoms with Crippen LogP contribution in [0.1, 0.15) is 5.56 Å². The van der Waals surface area contributed by atoms with Crippen molar-refractivity contribution in [3.05, 3.63) is 63.6 Å². The fraction of sp³-hybridized carbons (Fsp3) is 0.188. The number of para-hydroxylation sites is 1. The quantitative estimate of drug-likeness (QED) is 0.761. The molecule has 1 N–H and O–H groups in total. The Morgan fingerprint density at radius 2 is 1.79 bits per heavy atom. The van der Waals surface area contributed by atoms with Crippen molar-refractivity contribution in [2.24, 2.45) is 0 Å². The lowest BCUT2D eigenvalue weighted by Crippen LogP contribution is -2.36. The fourth-order valence-electron chi connectivity index (χ4n) is 2.00. The molecule has 0 aliphatic heterocycles. The van der Waals surface area contributed by atoms with E-state index < -0.39 is 15.9 Å². The molecule has 0 aliphatic rings. The van der Waals surface area contributed by atoms with Crippen molar-refractivity contribution in [1.82, 2.24) is 4.31 Å². The van der Waals surface area contributed by atoms with Gasteiger partial charge in [-0.2, -0.15) is 4.31 Å². The minimum atomic E-state index is -3.54. The van der Waals surface area contributed by atoms with Crippen LogP contribution < -0.4 is 5.32 Å². The number of sulfonamides is 1. The molecule has 8 heteroatoms. The number of carbonyl (C=O) groups excluding carboxylic acids is 1. The number of hydrogen-bond donors (Lipinski definition) is 1. The topological polar surface area (TPSA) is 66.5 Å². The highest BCUT2D eigenvalue weighted by Gasteiger charge is 2.21. The van der Waals surface area contributed by atoms with Crippen LogP contribution >= 0.6 is 27.5 Å². The molecule has 0 atom stereocenters. The van der Waals surface area contributed by atoms with Crippen LogP contribution in [0.4, 0.5) is 5.69 Å². The van der Waals surface area contributed by atoms with Crippen LogP contribution in [-0.2, 0) is 21.4 Å². The summed E-state index contributed by atoms with van der Waals surface area (Å²) in [4.78, 5) is 12.2. The number of benzene rings is 2. The first-order chi connectivity index (χ1) is 11.3. The molecule has 0 saturated heterocycles. The molecular formula is C16H16BrClN2O3S. The predicted molar refractivity (Wildman–Crippen MR) is 99.5 cm³/mol. The van der Waals surface area contributed by atoms with Gasteiger partial charge in [0.15, 0.2) is 0 Å². The van der Waals surface area contributed by atoms with Gasteiger partial charge in [-0.1, -0.05) is 51.8 Å². The number of carbonyl (C=O) groups is 1. The van der Waals surface area contributed by atoms with Gasteiger partial charge in [0.05, 0.1) is 23.5 Å². The van der Waals surface area contributed by atoms with E-state index in [9.17, 15) is 13.2 Å². The van der Waals surface area contributed by atoms with E-state index in [0.29, 0.717) is 10.7 Å². The van der Waals surface area contributed by atoms with Crippen molar-refractivity contribution >= 4 is 49.1 Å². The van der Waals surface area contributed by atoms with E-state index in [4.69, 9.17) is 11.6 Å². The second kappa shape index (κ2) is 8.11. The Hall–Kier alpha value is -1.41. The lowest BCUT2D eigenvalue weighted by Gasteiger charge is -2.20. The van der Waals surface area contributed by atoms with Crippen LogP contribution in [0.5, 0.6) is 0 Å². The molecule has 5 nitrogen and oxygen atoms in total. The second-order valence-corrected chi connectivity index (χ2v) is 8.49. The van der Waals surface area contributed by atoms with Crippen molar-refractivity contribution in [2.75, 3.05) is 18.1 Å². The molecule has 1 amide bonds. The first-order valence-corrected chi connectivity index (χ1v) is 10.0. The lowest BCUT2D eigenvalue weighted by atomic mass is 10.2. The number of nitrogens with one attached hydrogen (secondary N) is 1. The third-order valence-corrected chi connectivity index (χ3v) is 5.26. The Balaban J connectivity index is 2.10. The zero-order chi connectivity index (χ0) is 17.7. The minimum absolute atomic E-state index is 0.113. The smallest absolute Gasteiger partial charge is 0.239 e. The molecule has 0 saturated carbocycles. The first kappa shape index (κ1) is 18.9. The molecular weight excluding hydrogens is 416 g/mol. The van der Waals surface area contributed by atoms with Gasteiger partial charge in [0, 0.05) is 11.0 Å².